The monoisotopic (exact) mass is 292 g/mol. The molecule has 0 heterocycles. The molecular formula is C15H20N2O4. The molecule has 0 saturated carbocycles. The first kappa shape index (κ1) is 16.8. The molecule has 1 rings (SSSR count). The Labute approximate surface area is 124 Å². The zero-order valence-electron chi connectivity index (χ0n) is 12.5. The van der Waals surface area contributed by atoms with Crippen molar-refractivity contribution in [3.8, 4) is 17.6 Å². The van der Waals surface area contributed by atoms with Crippen LogP contribution in [0.5, 0.6) is 11.5 Å². The van der Waals surface area contributed by atoms with Gasteiger partial charge in [0.1, 0.15) is 6.04 Å². The summed E-state index contributed by atoms with van der Waals surface area (Å²) in [6.07, 6.45) is -0.0108. The maximum absolute atomic E-state index is 10.6. The average Bonchev–Trinajstić information content (AvgIpc) is 2.46. The van der Waals surface area contributed by atoms with Crippen molar-refractivity contribution in [1.82, 2.24) is 4.90 Å². The molecule has 1 N–H and O–H groups in total. The van der Waals surface area contributed by atoms with Gasteiger partial charge < -0.3 is 14.6 Å². The number of nitrogens with zero attached hydrogens (tertiary/aromatic N) is 2. The maximum atomic E-state index is 10.6. The highest BCUT2D eigenvalue weighted by atomic mass is 16.5. The molecule has 6 nitrogen and oxygen atoms in total. The number of nitriles is 1. The van der Waals surface area contributed by atoms with Crippen LogP contribution < -0.4 is 9.47 Å². The molecule has 0 bridgehead atoms. The Hall–Kier alpha value is -2.26. The number of aliphatic carboxylic acids is 1. The second kappa shape index (κ2) is 8.12. The second-order valence-electron chi connectivity index (χ2n) is 4.50. The summed E-state index contributed by atoms with van der Waals surface area (Å²) in [6.45, 7) is 2.66. The van der Waals surface area contributed by atoms with E-state index in [0.717, 1.165) is 5.56 Å². The van der Waals surface area contributed by atoms with Gasteiger partial charge >= 0.3 is 5.97 Å². The molecule has 1 atom stereocenters. The van der Waals surface area contributed by atoms with Crippen LogP contribution in [0.25, 0.3) is 0 Å². The summed E-state index contributed by atoms with van der Waals surface area (Å²) < 4.78 is 10.7. The SMILES string of the molecule is CCOc1cc(C(C#N)N(C)CCC(=O)O)ccc1OC. The fourth-order valence-corrected chi connectivity index (χ4v) is 1.96. The summed E-state index contributed by atoms with van der Waals surface area (Å²) in [7, 11) is 3.28. The average molecular weight is 292 g/mol. The van der Waals surface area contributed by atoms with Crippen LogP contribution in [0.15, 0.2) is 18.2 Å². The quantitative estimate of drug-likeness (QED) is 0.789. The van der Waals surface area contributed by atoms with E-state index in [0.29, 0.717) is 24.7 Å². The Morgan fingerprint density at radius 1 is 1.48 bits per heavy atom. The molecule has 0 aliphatic rings. The number of benzene rings is 1. The first-order valence-corrected chi connectivity index (χ1v) is 6.65. The van der Waals surface area contributed by atoms with Gasteiger partial charge in [-0.3, -0.25) is 9.69 Å². The van der Waals surface area contributed by atoms with Gasteiger partial charge in [0.25, 0.3) is 0 Å². The molecule has 0 aliphatic heterocycles. The van der Waals surface area contributed by atoms with Crippen LogP contribution in [0, 0.1) is 11.3 Å². The third-order valence-corrected chi connectivity index (χ3v) is 3.04. The van der Waals surface area contributed by atoms with E-state index in [1.807, 2.05) is 6.92 Å². The highest BCUT2D eigenvalue weighted by molar-refractivity contribution is 5.66. The number of carboxylic acids is 1. The molecular weight excluding hydrogens is 272 g/mol. The zero-order chi connectivity index (χ0) is 15.8. The van der Waals surface area contributed by atoms with Crippen molar-refractivity contribution < 1.29 is 19.4 Å². The van der Waals surface area contributed by atoms with Gasteiger partial charge in [-0.2, -0.15) is 5.26 Å². The molecule has 6 heteroatoms. The predicted molar refractivity (Wildman–Crippen MR) is 77.4 cm³/mol. The van der Waals surface area contributed by atoms with E-state index in [1.54, 1.807) is 37.3 Å². The van der Waals surface area contributed by atoms with Crippen molar-refractivity contribution >= 4 is 5.97 Å². The minimum Gasteiger partial charge on any atom is -0.493 e. The molecule has 114 valence electrons. The molecule has 21 heavy (non-hydrogen) atoms. The largest absolute Gasteiger partial charge is 0.493 e. The van der Waals surface area contributed by atoms with Crippen LogP contribution in [-0.4, -0.2) is 43.3 Å². The normalized spacial score (nSPS) is 11.8. The smallest absolute Gasteiger partial charge is 0.304 e. The number of carbonyl (C=O) groups is 1. The Morgan fingerprint density at radius 3 is 2.71 bits per heavy atom. The van der Waals surface area contributed by atoms with Gasteiger partial charge in [0, 0.05) is 6.54 Å². The second-order valence-corrected chi connectivity index (χ2v) is 4.50. The lowest BCUT2D eigenvalue weighted by molar-refractivity contribution is -0.137. The number of methoxy groups -OCH3 is 1. The van der Waals surface area contributed by atoms with Crippen molar-refractivity contribution in [3.63, 3.8) is 0 Å². The number of rotatable bonds is 8. The van der Waals surface area contributed by atoms with E-state index >= 15 is 0 Å². The van der Waals surface area contributed by atoms with Crippen molar-refractivity contribution in [2.45, 2.75) is 19.4 Å². The van der Waals surface area contributed by atoms with Gasteiger partial charge in [-0.1, -0.05) is 6.07 Å². The van der Waals surface area contributed by atoms with E-state index in [4.69, 9.17) is 14.6 Å². The Morgan fingerprint density at radius 2 is 2.19 bits per heavy atom. The van der Waals surface area contributed by atoms with Gasteiger partial charge in [-0.15, -0.1) is 0 Å². The molecule has 0 radical (unpaired) electrons. The molecule has 0 aliphatic carbocycles. The van der Waals surface area contributed by atoms with Crippen LogP contribution >= 0.6 is 0 Å². The van der Waals surface area contributed by atoms with E-state index in [2.05, 4.69) is 6.07 Å². The van der Waals surface area contributed by atoms with Gasteiger partial charge in [0.15, 0.2) is 11.5 Å². The molecule has 0 spiro atoms. The summed E-state index contributed by atoms with van der Waals surface area (Å²) >= 11 is 0. The molecule has 1 unspecified atom stereocenters. The summed E-state index contributed by atoms with van der Waals surface area (Å²) in [5.41, 5.74) is 0.745. The van der Waals surface area contributed by atoms with Crippen molar-refractivity contribution in [1.29, 1.82) is 5.26 Å². The van der Waals surface area contributed by atoms with E-state index < -0.39 is 12.0 Å². The molecule has 0 aromatic heterocycles. The highest BCUT2D eigenvalue weighted by Gasteiger charge is 2.19. The van der Waals surface area contributed by atoms with Gasteiger partial charge in [-0.05, 0) is 31.7 Å². The van der Waals surface area contributed by atoms with E-state index in [-0.39, 0.29) is 6.42 Å². The third-order valence-electron chi connectivity index (χ3n) is 3.04. The van der Waals surface area contributed by atoms with Crippen LogP contribution in [0.1, 0.15) is 24.9 Å². The lowest BCUT2D eigenvalue weighted by Crippen LogP contribution is -2.26. The summed E-state index contributed by atoms with van der Waals surface area (Å²) in [4.78, 5) is 12.3. The Balaban J connectivity index is 2.97. The number of hydrogen-bond donors (Lipinski definition) is 1. The highest BCUT2D eigenvalue weighted by Crippen LogP contribution is 2.31. The molecule has 0 saturated heterocycles. The molecule has 0 amide bonds. The van der Waals surface area contributed by atoms with Gasteiger partial charge in [0.05, 0.1) is 26.2 Å². The van der Waals surface area contributed by atoms with Crippen molar-refractivity contribution in [3.05, 3.63) is 23.8 Å². The number of ether oxygens (including phenoxy) is 2. The van der Waals surface area contributed by atoms with Crippen LogP contribution in [-0.2, 0) is 4.79 Å². The first-order valence-electron chi connectivity index (χ1n) is 6.65. The summed E-state index contributed by atoms with van der Waals surface area (Å²) in [5.74, 6) is 0.290. The maximum Gasteiger partial charge on any atom is 0.304 e. The van der Waals surface area contributed by atoms with Crippen molar-refractivity contribution in [2.24, 2.45) is 0 Å². The van der Waals surface area contributed by atoms with E-state index in [1.165, 1.54) is 0 Å². The first-order chi connectivity index (χ1) is 10.0. The lowest BCUT2D eigenvalue weighted by atomic mass is 10.1. The number of hydrogen-bond acceptors (Lipinski definition) is 5. The van der Waals surface area contributed by atoms with Crippen LogP contribution in [0.4, 0.5) is 0 Å². The fraction of sp³-hybridized carbons (Fsp3) is 0.467. The Kier molecular flexibility index (Phi) is 6.50. The lowest BCUT2D eigenvalue weighted by Gasteiger charge is -2.22. The number of carboxylic acid groups (broad SMARTS) is 1. The summed E-state index contributed by atoms with van der Waals surface area (Å²) in [5, 5.41) is 18.1. The minimum absolute atomic E-state index is 0.0108. The standard InChI is InChI=1S/C15H20N2O4/c1-4-21-14-9-11(5-6-13(14)20-3)12(10-16)17(2)8-7-15(18)19/h5-6,9,12H,4,7-8H2,1-3H3,(H,18,19). The fourth-order valence-electron chi connectivity index (χ4n) is 1.96. The van der Waals surface area contributed by atoms with Gasteiger partial charge in [-0.25, -0.2) is 0 Å². The molecule has 0 fully saturated rings. The topological polar surface area (TPSA) is 82.8 Å². The minimum atomic E-state index is -0.886. The predicted octanol–water partition coefficient (Wildman–Crippen LogP) is 2.07. The Bertz CT molecular complexity index is 525. The third kappa shape index (κ3) is 4.65. The summed E-state index contributed by atoms with van der Waals surface area (Å²) in [6, 6.07) is 6.94. The van der Waals surface area contributed by atoms with Crippen molar-refractivity contribution in [2.75, 3.05) is 27.3 Å². The molecule has 1 aromatic rings. The van der Waals surface area contributed by atoms with Crippen LogP contribution in [0.3, 0.4) is 0 Å². The zero-order valence-corrected chi connectivity index (χ0v) is 12.5. The van der Waals surface area contributed by atoms with E-state index in [9.17, 15) is 10.1 Å². The van der Waals surface area contributed by atoms with Gasteiger partial charge in [0.2, 0.25) is 0 Å². The van der Waals surface area contributed by atoms with Crippen LogP contribution in [0.2, 0.25) is 0 Å². The molecule has 1 aromatic carbocycles.